The Bertz CT molecular complexity index is 1870. The minimum absolute atomic E-state index is 0. The number of benzene rings is 2. The highest BCUT2D eigenvalue weighted by Gasteiger charge is 2.27. The highest BCUT2D eigenvalue weighted by Crippen LogP contribution is 2.34. The minimum Gasteiger partial charge on any atom is -0.375 e. The van der Waals surface area contributed by atoms with Crippen molar-refractivity contribution in [3.63, 3.8) is 0 Å². The first kappa shape index (κ1) is 39.5. The Morgan fingerprint density at radius 1 is 0.761 bits per heavy atom. The van der Waals surface area contributed by atoms with Crippen molar-refractivity contribution < 1.29 is 26.4 Å². The predicted octanol–water partition coefficient (Wildman–Crippen LogP) is 4.81. The predicted molar refractivity (Wildman–Crippen MR) is 188 cm³/mol. The van der Waals surface area contributed by atoms with Crippen LogP contribution in [0.1, 0.15) is 12.8 Å². The first-order valence-electron chi connectivity index (χ1n) is 12.7. The first-order valence-corrected chi connectivity index (χ1v) is 17.9. The second kappa shape index (κ2) is 16.4. The Hall–Kier alpha value is -2.68. The molecule has 0 unspecified atom stereocenters. The minimum atomic E-state index is -3.42. The fourth-order valence-corrected chi connectivity index (χ4v) is 6.98. The van der Waals surface area contributed by atoms with E-state index in [2.05, 4.69) is 9.97 Å². The zero-order chi connectivity index (χ0) is 33.7. The molecule has 1 saturated heterocycles. The Balaban J connectivity index is 0.000000255. The van der Waals surface area contributed by atoms with Gasteiger partial charge in [-0.2, -0.15) is 4.42 Å². The van der Waals surface area contributed by atoms with E-state index in [1.165, 1.54) is 67.3 Å². The van der Waals surface area contributed by atoms with Gasteiger partial charge in [-0.1, -0.05) is 47.2 Å². The van der Waals surface area contributed by atoms with Gasteiger partial charge in [0.25, 0.3) is 0 Å². The number of halogens is 3. The third-order valence-electron chi connectivity index (χ3n) is 5.95. The molecule has 1 aliphatic rings. The molecule has 0 spiro atoms. The lowest BCUT2D eigenvalue weighted by Crippen LogP contribution is -2.22. The molecular weight excluding hydrogens is 785 g/mol. The van der Waals surface area contributed by atoms with Gasteiger partial charge in [0, 0.05) is 69.3 Å². The molecular formula is C26H30BrCl2N7O6S4. The molecule has 4 aromatic rings. The lowest BCUT2D eigenvalue weighted by Gasteiger charge is -2.11. The number of anilines is 2. The van der Waals surface area contributed by atoms with E-state index in [0.29, 0.717) is 24.7 Å². The van der Waals surface area contributed by atoms with Crippen molar-refractivity contribution in [1.82, 2.24) is 23.0 Å². The number of imide groups is 1. The van der Waals surface area contributed by atoms with Crippen molar-refractivity contribution in [3.8, 4) is 22.5 Å². The number of thiazole rings is 2. The smallest absolute Gasteiger partial charge is 0.244 e. The van der Waals surface area contributed by atoms with Gasteiger partial charge in [0.1, 0.15) is 10.0 Å². The molecule has 0 saturated carbocycles. The number of nitrogens with two attached hydrogens (primary N) is 2. The maximum absolute atomic E-state index is 11.9. The van der Waals surface area contributed by atoms with Gasteiger partial charge in [-0.25, -0.2) is 35.4 Å². The number of carbonyl (C=O) groups excluding carboxylic acids is 2. The average molecular weight is 816 g/mol. The summed E-state index contributed by atoms with van der Waals surface area (Å²) in [7, 11) is -0.819. The van der Waals surface area contributed by atoms with Gasteiger partial charge in [0.15, 0.2) is 10.3 Å². The van der Waals surface area contributed by atoms with Crippen LogP contribution in [0.3, 0.4) is 0 Å². The summed E-state index contributed by atoms with van der Waals surface area (Å²) in [6.07, 6.45) is 0.532. The Kier molecular flexibility index (Phi) is 14.1. The van der Waals surface area contributed by atoms with E-state index < -0.39 is 20.0 Å². The Morgan fingerprint density at radius 2 is 1.20 bits per heavy atom. The quantitative estimate of drug-likeness (QED) is 0.202. The van der Waals surface area contributed by atoms with Gasteiger partial charge in [-0.15, -0.1) is 28.3 Å². The van der Waals surface area contributed by atoms with Crippen molar-refractivity contribution >= 4 is 105 Å². The summed E-state index contributed by atoms with van der Waals surface area (Å²) in [5.41, 5.74) is 14.0. The second-order valence-corrected chi connectivity index (χ2v) is 16.6. The molecule has 1 fully saturated rings. The van der Waals surface area contributed by atoms with Crippen LogP contribution in [0.25, 0.3) is 22.5 Å². The number of aromatic nitrogens is 2. The van der Waals surface area contributed by atoms with Crippen molar-refractivity contribution in [3.05, 3.63) is 58.2 Å². The van der Waals surface area contributed by atoms with Crippen molar-refractivity contribution in [2.75, 3.05) is 39.7 Å². The van der Waals surface area contributed by atoms with Gasteiger partial charge in [0.2, 0.25) is 31.9 Å². The average Bonchev–Trinajstić information content (AvgIpc) is 3.67. The van der Waals surface area contributed by atoms with Gasteiger partial charge in [-0.3, -0.25) is 9.59 Å². The summed E-state index contributed by atoms with van der Waals surface area (Å²) < 4.78 is 51.1. The molecule has 13 nitrogen and oxygen atoms in total. The standard InChI is InChI=1S/C11H12ClN3O2S2.C11H13N3O2S2.C4H4ClNO2.BrH/c1-15(2)19(16,17)8-5-3-7(4-6-8)9-10(12)18-11(13)14-9;1-14(2)18(15,16)9-5-3-8(4-6-9)10-7-17-11(12)13-10;5-6-3(7)1-2-4(6)8;/h3-6H,1-2H3,(H2,13,14);3-7H,1-2H3,(H2,12,13);1-2H2;1H. The Morgan fingerprint density at radius 3 is 1.50 bits per heavy atom. The van der Waals surface area contributed by atoms with E-state index >= 15 is 0 Å². The molecule has 1 aliphatic heterocycles. The number of amides is 2. The van der Waals surface area contributed by atoms with Crippen LogP contribution < -0.4 is 11.5 Å². The van der Waals surface area contributed by atoms with Gasteiger partial charge < -0.3 is 11.5 Å². The van der Waals surface area contributed by atoms with Crippen molar-refractivity contribution in [2.45, 2.75) is 22.6 Å². The third kappa shape index (κ3) is 9.68. The van der Waals surface area contributed by atoms with Crippen molar-refractivity contribution in [2.24, 2.45) is 0 Å². The second-order valence-electron chi connectivity index (χ2n) is 9.44. The third-order valence-corrected chi connectivity index (χ3v) is 11.7. The summed E-state index contributed by atoms with van der Waals surface area (Å²) in [4.78, 5) is 29.5. The first-order chi connectivity index (χ1) is 20.9. The van der Waals surface area contributed by atoms with E-state index in [1.807, 2.05) is 5.38 Å². The molecule has 0 bridgehead atoms. The number of nitrogen functional groups attached to an aromatic ring is 2. The number of nitrogens with zero attached hydrogens (tertiary/aromatic N) is 5. The number of hydrogen-bond donors (Lipinski definition) is 2. The number of hydrogen-bond acceptors (Lipinski definition) is 12. The van der Waals surface area contributed by atoms with Crippen molar-refractivity contribution in [1.29, 1.82) is 0 Å². The van der Waals surface area contributed by atoms with Gasteiger partial charge >= 0.3 is 0 Å². The summed E-state index contributed by atoms with van der Waals surface area (Å²) in [6.45, 7) is 0. The summed E-state index contributed by atoms with van der Waals surface area (Å²) >= 11 is 13.7. The van der Waals surface area contributed by atoms with Crippen LogP contribution in [0.4, 0.5) is 10.3 Å². The molecule has 0 atom stereocenters. The van der Waals surface area contributed by atoms with Gasteiger partial charge in [0.05, 0.1) is 15.5 Å². The lowest BCUT2D eigenvalue weighted by molar-refractivity contribution is -0.132. The maximum Gasteiger partial charge on any atom is 0.244 e. The van der Waals surface area contributed by atoms with Crippen LogP contribution in [0, 0.1) is 0 Å². The number of sulfonamides is 2. The number of carbonyl (C=O) groups is 2. The SMILES string of the molecule is Br.CN(C)S(=O)(=O)c1ccc(-c2csc(N)n2)cc1.CN(C)S(=O)(=O)c1ccc(-c2nc(N)sc2Cl)cc1.O=C1CCC(=O)N1Cl. The molecule has 0 aliphatic carbocycles. The highest BCUT2D eigenvalue weighted by molar-refractivity contribution is 8.93. The van der Waals surface area contributed by atoms with E-state index in [0.717, 1.165) is 21.1 Å². The van der Waals surface area contributed by atoms with E-state index in [4.69, 9.17) is 34.8 Å². The Labute approximate surface area is 295 Å². The molecule has 3 heterocycles. The summed E-state index contributed by atoms with van der Waals surface area (Å²) in [5, 5.41) is 2.71. The highest BCUT2D eigenvalue weighted by atomic mass is 79.9. The van der Waals surface area contributed by atoms with Crippen LogP contribution in [0.2, 0.25) is 4.34 Å². The summed E-state index contributed by atoms with van der Waals surface area (Å²) in [6, 6.07) is 13.0. The molecule has 46 heavy (non-hydrogen) atoms. The maximum atomic E-state index is 11.9. The summed E-state index contributed by atoms with van der Waals surface area (Å²) in [5.74, 6) is -0.590. The monoisotopic (exact) mass is 813 g/mol. The van der Waals surface area contributed by atoms with Crippen LogP contribution in [0.5, 0.6) is 0 Å². The van der Waals surface area contributed by atoms with Crippen LogP contribution in [-0.2, 0) is 29.6 Å². The largest absolute Gasteiger partial charge is 0.375 e. The normalized spacial score (nSPS) is 13.2. The van der Waals surface area contributed by atoms with Crippen LogP contribution in [-0.4, -0.2) is 79.8 Å². The molecule has 2 aromatic heterocycles. The van der Waals surface area contributed by atoms with Crippen LogP contribution >= 0.6 is 63.0 Å². The lowest BCUT2D eigenvalue weighted by atomic mass is 10.2. The van der Waals surface area contributed by atoms with Crippen LogP contribution in [0.15, 0.2) is 63.7 Å². The zero-order valence-corrected chi connectivity index (χ0v) is 31.2. The van der Waals surface area contributed by atoms with Gasteiger partial charge in [-0.05, 0) is 24.3 Å². The molecule has 4 N–H and O–H groups in total. The molecule has 250 valence electrons. The molecule has 2 amide bonds. The van der Waals surface area contributed by atoms with E-state index in [-0.39, 0.29) is 51.4 Å². The molecule has 5 rings (SSSR count). The molecule has 0 radical (unpaired) electrons. The number of rotatable bonds is 6. The molecule has 2 aromatic carbocycles. The molecule has 20 heteroatoms. The van der Waals surface area contributed by atoms with E-state index in [9.17, 15) is 26.4 Å². The van der Waals surface area contributed by atoms with E-state index in [1.54, 1.807) is 36.4 Å². The fourth-order valence-electron chi connectivity index (χ4n) is 3.47. The fraction of sp³-hybridized carbons (Fsp3) is 0.231. The zero-order valence-electron chi connectivity index (χ0n) is 24.7. The topological polar surface area (TPSA) is 190 Å².